The van der Waals surface area contributed by atoms with Gasteiger partial charge in [-0.05, 0) is 30.3 Å². The van der Waals surface area contributed by atoms with Crippen LogP contribution in [0.15, 0.2) is 34.8 Å². The van der Waals surface area contributed by atoms with Gasteiger partial charge in [-0.1, -0.05) is 0 Å². The standard InChI is InChI=1S/C11H9N5S/c1-7-4-15-11(16-5-7)17-10-8(3-12)2-9(13)6-14-10/h2,4-6H,13H2,1H3. The van der Waals surface area contributed by atoms with E-state index in [0.717, 1.165) is 5.56 Å². The summed E-state index contributed by atoms with van der Waals surface area (Å²) in [5.74, 6) is 0. The summed E-state index contributed by atoms with van der Waals surface area (Å²) in [6.45, 7) is 1.91. The molecule has 17 heavy (non-hydrogen) atoms. The van der Waals surface area contributed by atoms with E-state index in [4.69, 9.17) is 11.0 Å². The number of anilines is 1. The van der Waals surface area contributed by atoms with Crippen LogP contribution < -0.4 is 5.73 Å². The number of nitriles is 1. The lowest BCUT2D eigenvalue weighted by atomic mass is 10.3. The van der Waals surface area contributed by atoms with Crippen molar-refractivity contribution in [3.05, 3.63) is 35.8 Å². The van der Waals surface area contributed by atoms with E-state index in [-0.39, 0.29) is 0 Å². The molecule has 0 amide bonds. The van der Waals surface area contributed by atoms with Crippen LogP contribution in [0.25, 0.3) is 0 Å². The van der Waals surface area contributed by atoms with Crippen LogP contribution in [-0.2, 0) is 0 Å². The molecule has 6 heteroatoms. The molecular weight excluding hydrogens is 234 g/mol. The molecule has 2 heterocycles. The van der Waals surface area contributed by atoms with Gasteiger partial charge in [-0.2, -0.15) is 5.26 Å². The minimum absolute atomic E-state index is 0.430. The van der Waals surface area contributed by atoms with Crippen LogP contribution in [0.5, 0.6) is 0 Å². The van der Waals surface area contributed by atoms with Crippen molar-refractivity contribution in [3.63, 3.8) is 0 Å². The molecule has 0 saturated carbocycles. The van der Waals surface area contributed by atoms with Gasteiger partial charge in [-0.25, -0.2) is 15.0 Å². The van der Waals surface area contributed by atoms with Gasteiger partial charge in [0.1, 0.15) is 11.1 Å². The average molecular weight is 243 g/mol. The molecule has 2 N–H and O–H groups in total. The van der Waals surface area contributed by atoms with Crippen LogP contribution in [0.2, 0.25) is 0 Å². The third-order valence-electron chi connectivity index (χ3n) is 1.94. The van der Waals surface area contributed by atoms with Crippen LogP contribution in [-0.4, -0.2) is 15.0 Å². The van der Waals surface area contributed by atoms with Gasteiger partial charge < -0.3 is 5.73 Å². The number of nitrogens with two attached hydrogens (primary N) is 1. The molecule has 0 aliphatic heterocycles. The van der Waals surface area contributed by atoms with Crippen molar-refractivity contribution in [2.24, 2.45) is 0 Å². The molecule has 0 aliphatic rings. The minimum Gasteiger partial charge on any atom is -0.397 e. The summed E-state index contributed by atoms with van der Waals surface area (Å²) in [5.41, 5.74) is 7.45. The summed E-state index contributed by atoms with van der Waals surface area (Å²) in [5, 5.41) is 10.1. The van der Waals surface area contributed by atoms with E-state index in [1.54, 1.807) is 18.5 Å². The van der Waals surface area contributed by atoms with Crippen LogP contribution in [0, 0.1) is 18.3 Å². The van der Waals surface area contributed by atoms with Gasteiger partial charge >= 0.3 is 0 Å². The molecule has 0 aliphatic carbocycles. The van der Waals surface area contributed by atoms with E-state index in [0.29, 0.717) is 21.4 Å². The van der Waals surface area contributed by atoms with Crippen molar-refractivity contribution in [1.82, 2.24) is 15.0 Å². The average Bonchev–Trinajstić information content (AvgIpc) is 2.34. The lowest BCUT2D eigenvalue weighted by Crippen LogP contribution is -1.93. The number of hydrogen-bond donors (Lipinski definition) is 1. The van der Waals surface area contributed by atoms with Crippen molar-refractivity contribution < 1.29 is 0 Å². The molecule has 2 rings (SSSR count). The van der Waals surface area contributed by atoms with Gasteiger partial charge in [0, 0.05) is 12.4 Å². The van der Waals surface area contributed by atoms with Crippen LogP contribution in [0.1, 0.15) is 11.1 Å². The summed E-state index contributed by atoms with van der Waals surface area (Å²) in [7, 11) is 0. The summed E-state index contributed by atoms with van der Waals surface area (Å²) in [6.07, 6.45) is 4.95. The maximum Gasteiger partial charge on any atom is 0.193 e. The Hall–Kier alpha value is -2.13. The van der Waals surface area contributed by atoms with Crippen LogP contribution in [0.4, 0.5) is 5.69 Å². The number of nitrogens with zero attached hydrogens (tertiary/aromatic N) is 4. The Morgan fingerprint density at radius 2 is 1.94 bits per heavy atom. The molecule has 0 spiro atoms. The van der Waals surface area contributed by atoms with E-state index < -0.39 is 0 Å². The van der Waals surface area contributed by atoms with Crippen molar-refractivity contribution in [1.29, 1.82) is 5.26 Å². The van der Waals surface area contributed by atoms with Gasteiger partial charge in [-0.15, -0.1) is 0 Å². The molecule has 84 valence electrons. The second-order valence-corrected chi connectivity index (χ2v) is 4.33. The van der Waals surface area contributed by atoms with Gasteiger partial charge in [-0.3, -0.25) is 0 Å². The Bertz CT molecular complexity index is 573. The Balaban J connectivity index is 2.30. The molecule has 5 nitrogen and oxygen atoms in total. The zero-order valence-electron chi connectivity index (χ0n) is 9.08. The molecule has 0 bridgehead atoms. The van der Waals surface area contributed by atoms with Gasteiger partial charge in [0.05, 0.1) is 17.4 Å². The quantitative estimate of drug-likeness (QED) is 0.809. The normalized spacial score (nSPS) is 9.88. The predicted octanol–water partition coefficient (Wildman–Crippen LogP) is 1.79. The number of hydrogen-bond acceptors (Lipinski definition) is 6. The predicted molar refractivity (Wildman–Crippen MR) is 64.3 cm³/mol. The van der Waals surface area contributed by atoms with Crippen molar-refractivity contribution in [2.75, 3.05) is 5.73 Å². The van der Waals surface area contributed by atoms with E-state index >= 15 is 0 Å². The largest absolute Gasteiger partial charge is 0.397 e. The number of nitrogen functional groups attached to an aromatic ring is 1. The first-order chi connectivity index (χ1) is 8.19. The van der Waals surface area contributed by atoms with Crippen molar-refractivity contribution >= 4 is 17.4 Å². The first-order valence-electron chi connectivity index (χ1n) is 4.81. The highest BCUT2D eigenvalue weighted by Gasteiger charge is 2.08. The number of aromatic nitrogens is 3. The van der Waals surface area contributed by atoms with E-state index in [9.17, 15) is 0 Å². The summed E-state index contributed by atoms with van der Waals surface area (Å²) in [4.78, 5) is 12.4. The van der Waals surface area contributed by atoms with Gasteiger partial charge in [0.2, 0.25) is 0 Å². The first-order valence-corrected chi connectivity index (χ1v) is 5.63. The number of pyridine rings is 1. The lowest BCUT2D eigenvalue weighted by molar-refractivity contribution is 0.943. The second-order valence-electron chi connectivity index (χ2n) is 3.38. The molecule has 0 saturated heterocycles. The van der Waals surface area contributed by atoms with Crippen LogP contribution >= 0.6 is 11.8 Å². The first kappa shape index (κ1) is 11.4. The molecule has 2 aromatic heterocycles. The van der Waals surface area contributed by atoms with E-state index in [1.807, 2.05) is 13.0 Å². The lowest BCUT2D eigenvalue weighted by Gasteiger charge is -2.02. The molecule has 0 fully saturated rings. The third-order valence-corrected chi connectivity index (χ3v) is 2.85. The zero-order valence-corrected chi connectivity index (χ0v) is 9.90. The Morgan fingerprint density at radius 3 is 2.59 bits per heavy atom. The fourth-order valence-corrected chi connectivity index (χ4v) is 1.85. The number of rotatable bonds is 2. The maximum atomic E-state index is 8.97. The highest BCUT2D eigenvalue weighted by atomic mass is 32.2. The Labute approximate surface area is 103 Å². The molecule has 0 radical (unpaired) electrons. The molecule has 0 aromatic carbocycles. The molecule has 2 aromatic rings. The SMILES string of the molecule is Cc1cnc(Sc2ncc(N)cc2C#N)nc1. The van der Waals surface area contributed by atoms with Gasteiger partial charge in [0.25, 0.3) is 0 Å². The summed E-state index contributed by atoms with van der Waals surface area (Å²) >= 11 is 1.24. The number of aryl methyl sites for hydroxylation is 1. The van der Waals surface area contributed by atoms with Crippen molar-refractivity contribution in [3.8, 4) is 6.07 Å². The Kier molecular flexibility index (Phi) is 3.21. The minimum atomic E-state index is 0.430. The highest BCUT2D eigenvalue weighted by molar-refractivity contribution is 7.99. The topological polar surface area (TPSA) is 88.5 Å². The smallest absolute Gasteiger partial charge is 0.193 e. The molecule has 0 unspecified atom stereocenters. The van der Waals surface area contributed by atoms with E-state index in [1.165, 1.54) is 18.0 Å². The summed E-state index contributed by atoms with van der Waals surface area (Å²) < 4.78 is 0. The fraction of sp³-hybridized carbons (Fsp3) is 0.0909. The maximum absolute atomic E-state index is 8.97. The highest BCUT2D eigenvalue weighted by Crippen LogP contribution is 2.26. The van der Waals surface area contributed by atoms with Crippen LogP contribution in [0.3, 0.4) is 0 Å². The monoisotopic (exact) mass is 243 g/mol. The summed E-state index contributed by atoms with van der Waals surface area (Å²) in [6, 6.07) is 3.64. The molecular formula is C11H9N5S. The second kappa shape index (κ2) is 4.80. The molecule has 0 atom stereocenters. The zero-order chi connectivity index (χ0) is 12.3. The third kappa shape index (κ3) is 2.71. The van der Waals surface area contributed by atoms with E-state index in [2.05, 4.69) is 15.0 Å². The van der Waals surface area contributed by atoms with Crippen molar-refractivity contribution in [2.45, 2.75) is 17.1 Å². The Morgan fingerprint density at radius 1 is 1.24 bits per heavy atom. The van der Waals surface area contributed by atoms with Gasteiger partial charge in [0.15, 0.2) is 5.16 Å². The fourth-order valence-electron chi connectivity index (χ4n) is 1.15.